The van der Waals surface area contributed by atoms with Crippen molar-refractivity contribution in [3.63, 3.8) is 0 Å². The van der Waals surface area contributed by atoms with Gasteiger partial charge in [0, 0.05) is 18.0 Å². The van der Waals surface area contributed by atoms with Crippen molar-refractivity contribution in [1.29, 1.82) is 0 Å². The van der Waals surface area contributed by atoms with Gasteiger partial charge >= 0.3 is 0 Å². The van der Waals surface area contributed by atoms with Gasteiger partial charge in [0.2, 0.25) is 0 Å². The molecule has 0 saturated carbocycles. The molecule has 0 spiro atoms. The van der Waals surface area contributed by atoms with Crippen molar-refractivity contribution in [3.8, 4) is 0 Å². The van der Waals surface area contributed by atoms with Crippen molar-refractivity contribution in [2.75, 3.05) is 0 Å². The molecule has 1 heterocycles. The van der Waals surface area contributed by atoms with Crippen LogP contribution in [0.25, 0.3) is 10.9 Å². The van der Waals surface area contributed by atoms with Crippen molar-refractivity contribution in [3.05, 3.63) is 36.3 Å². The zero-order chi connectivity index (χ0) is 11.7. The Hall–Kier alpha value is -1.64. The van der Waals surface area contributed by atoms with Gasteiger partial charge in [0.05, 0.1) is 11.6 Å². The Morgan fingerprint density at radius 3 is 2.88 bits per heavy atom. The molecule has 3 heteroatoms. The van der Waals surface area contributed by atoms with Gasteiger partial charge in [0.15, 0.2) is 5.78 Å². The Labute approximate surface area is 93.7 Å². The Morgan fingerprint density at radius 1 is 1.44 bits per heavy atom. The number of fused-ring (bicyclic) bond motifs is 1. The second-order valence-corrected chi connectivity index (χ2v) is 3.89. The molecule has 84 valence electrons. The summed E-state index contributed by atoms with van der Waals surface area (Å²) in [5.74, 6) is -0.0887. The van der Waals surface area contributed by atoms with Crippen molar-refractivity contribution < 1.29 is 9.18 Å². The summed E-state index contributed by atoms with van der Waals surface area (Å²) in [6.45, 7) is 3.68. The third-order valence-corrected chi connectivity index (χ3v) is 2.94. The Bertz CT molecular complexity index is 530. The highest BCUT2D eigenvalue weighted by atomic mass is 19.1. The monoisotopic (exact) mass is 219 g/mol. The molecule has 2 nitrogen and oxygen atoms in total. The summed E-state index contributed by atoms with van der Waals surface area (Å²) in [5, 5.41) is 0.568. The number of hydrogen-bond donors (Lipinski definition) is 0. The lowest BCUT2D eigenvalue weighted by molar-refractivity contribution is -0.121. The van der Waals surface area contributed by atoms with Crippen LogP contribution in [0.1, 0.15) is 26.3 Å². The number of ketones is 1. The smallest absolute Gasteiger partial charge is 0.155 e. The standard InChI is InChI=1S/C13H14FNO/c1-3-13(16)9(2)15-8-7-10-11(14)5-4-6-12(10)15/h4-9H,3H2,1-2H3. The molecule has 0 amide bonds. The SMILES string of the molecule is CCC(=O)C(C)n1ccc2c(F)cccc21. The number of benzene rings is 1. The number of carbonyl (C=O) groups excluding carboxylic acids is 1. The third-order valence-electron chi connectivity index (χ3n) is 2.94. The molecule has 0 N–H and O–H groups in total. The first-order valence-corrected chi connectivity index (χ1v) is 5.43. The predicted molar refractivity (Wildman–Crippen MR) is 61.9 cm³/mol. The van der Waals surface area contributed by atoms with Crippen LogP contribution in [0.4, 0.5) is 4.39 Å². The Kier molecular flexibility index (Phi) is 2.77. The van der Waals surface area contributed by atoms with Gasteiger partial charge in [-0.2, -0.15) is 0 Å². The number of rotatable bonds is 3. The number of aromatic nitrogens is 1. The van der Waals surface area contributed by atoms with E-state index in [2.05, 4.69) is 0 Å². The molecule has 1 atom stereocenters. The zero-order valence-corrected chi connectivity index (χ0v) is 9.40. The van der Waals surface area contributed by atoms with E-state index in [9.17, 15) is 9.18 Å². The molecule has 0 fully saturated rings. The fraction of sp³-hybridized carbons (Fsp3) is 0.308. The van der Waals surface area contributed by atoms with Crippen LogP contribution in [0.5, 0.6) is 0 Å². The van der Waals surface area contributed by atoms with Crippen LogP contribution >= 0.6 is 0 Å². The fourth-order valence-electron chi connectivity index (χ4n) is 1.94. The van der Waals surface area contributed by atoms with E-state index in [-0.39, 0.29) is 17.6 Å². The molecule has 1 aromatic heterocycles. The molecule has 2 rings (SSSR count). The number of Topliss-reactive ketones (excluding diaryl/α,β-unsaturated/α-hetero) is 1. The molecular formula is C13H14FNO. The van der Waals surface area contributed by atoms with E-state index in [0.717, 1.165) is 5.52 Å². The fourth-order valence-corrected chi connectivity index (χ4v) is 1.94. The molecule has 0 saturated heterocycles. The number of carbonyl (C=O) groups is 1. The van der Waals surface area contributed by atoms with Gasteiger partial charge in [0.1, 0.15) is 5.82 Å². The highest BCUT2D eigenvalue weighted by molar-refractivity contribution is 5.86. The second-order valence-electron chi connectivity index (χ2n) is 3.89. The second kappa shape index (κ2) is 4.08. The van der Waals surface area contributed by atoms with Gasteiger partial charge in [-0.05, 0) is 25.1 Å². The van der Waals surface area contributed by atoms with Gasteiger partial charge in [-0.1, -0.05) is 13.0 Å². The Balaban J connectivity index is 2.54. The minimum Gasteiger partial charge on any atom is -0.337 e. The molecule has 16 heavy (non-hydrogen) atoms. The molecule has 0 radical (unpaired) electrons. The quantitative estimate of drug-likeness (QED) is 0.776. The van der Waals surface area contributed by atoms with E-state index in [1.807, 2.05) is 24.5 Å². The lowest BCUT2D eigenvalue weighted by Crippen LogP contribution is -2.14. The van der Waals surface area contributed by atoms with E-state index in [0.29, 0.717) is 11.8 Å². The van der Waals surface area contributed by atoms with Crippen molar-refractivity contribution in [2.24, 2.45) is 0 Å². The highest BCUT2D eigenvalue weighted by Crippen LogP contribution is 2.23. The first kappa shape index (κ1) is 10.9. The van der Waals surface area contributed by atoms with Crippen LogP contribution < -0.4 is 0 Å². The third kappa shape index (κ3) is 1.62. The maximum absolute atomic E-state index is 13.4. The van der Waals surface area contributed by atoms with Crippen LogP contribution in [0.2, 0.25) is 0 Å². The van der Waals surface area contributed by atoms with E-state index in [1.165, 1.54) is 6.07 Å². The van der Waals surface area contributed by atoms with Crippen LogP contribution in [0.15, 0.2) is 30.5 Å². The average Bonchev–Trinajstić information content (AvgIpc) is 2.72. The lowest BCUT2D eigenvalue weighted by atomic mass is 10.1. The largest absolute Gasteiger partial charge is 0.337 e. The van der Waals surface area contributed by atoms with Crippen molar-refractivity contribution in [2.45, 2.75) is 26.3 Å². The maximum Gasteiger partial charge on any atom is 0.155 e. The molecule has 1 unspecified atom stereocenters. The lowest BCUT2D eigenvalue weighted by Gasteiger charge is -2.13. The van der Waals surface area contributed by atoms with Gasteiger partial charge < -0.3 is 4.57 Å². The van der Waals surface area contributed by atoms with Crippen LogP contribution in [0, 0.1) is 5.82 Å². The van der Waals surface area contributed by atoms with Gasteiger partial charge in [-0.3, -0.25) is 4.79 Å². The highest BCUT2D eigenvalue weighted by Gasteiger charge is 2.15. The minimum atomic E-state index is -0.243. The molecule has 0 aliphatic heterocycles. The average molecular weight is 219 g/mol. The van der Waals surface area contributed by atoms with Crippen molar-refractivity contribution >= 4 is 16.7 Å². The molecule has 0 aliphatic carbocycles. The van der Waals surface area contributed by atoms with E-state index < -0.39 is 0 Å². The summed E-state index contributed by atoms with van der Waals surface area (Å²) < 4.78 is 15.3. The number of halogens is 1. The zero-order valence-electron chi connectivity index (χ0n) is 9.40. The molecule has 2 aromatic rings. The predicted octanol–water partition coefficient (Wildman–Crippen LogP) is 3.32. The van der Waals surface area contributed by atoms with Crippen LogP contribution in [0.3, 0.4) is 0 Å². The summed E-state index contributed by atoms with van der Waals surface area (Å²) in [7, 11) is 0. The summed E-state index contributed by atoms with van der Waals surface area (Å²) in [5.41, 5.74) is 0.773. The van der Waals surface area contributed by atoms with Gasteiger partial charge in [-0.15, -0.1) is 0 Å². The number of nitrogens with zero attached hydrogens (tertiary/aromatic N) is 1. The van der Waals surface area contributed by atoms with Gasteiger partial charge in [-0.25, -0.2) is 4.39 Å². The molecule has 0 aliphatic rings. The van der Waals surface area contributed by atoms with E-state index in [1.54, 1.807) is 18.3 Å². The van der Waals surface area contributed by atoms with Crippen LogP contribution in [-0.4, -0.2) is 10.4 Å². The maximum atomic E-state index is 13.4. The first-order chi connectivity index (χ1) is 7.65. The van der Waals surface area contributed by atoms with Gasteiger partial charge in [0.25, 0.3) is 0 Å². The van der Waals surface area contributed by atoms with E-state index >= 15 is 0 Å². The topological polar surface area (TPSA) is 22.0 Å². The molecular weight excluding hydrogens is 205 g/mol. The summed E-state index contributed by atoms with van der Waals surface area (Å²) in [6, 6.07) is 6.41. The summed E-state index contributed by atoms with van der Waals surface area (Å²) >= 11 is 0. The summed E-state index contributed by atoms with van der Waals surface area (Å²) in [6.07, 6.45) is 2.27. The number of hydrogen-bond acceptors (Lipinski definition) is 1. The normalized spacial score (nSPS) is 12.9. The molecule has 1 aromatic carbocycles. The van der Waals surface area contributed by atoms with Crippen LogP contribution in [-0.2, 0) is 4.79 Å². The van der Waals surface area contributed by atoms with Crippen molar-refractivity contribution in [1.82, 2.24) is 4.57 Å². The summed E-state index contributed by atoms with van der Waals surface area (Å²) in [4.78, 5) is 11.6. The first-order valence-electron chi connectivity index (χ1n) is 5.43. The Morgan fingerprint density at radius 2 is 2.19 bits per heavy atom. The minimum absolute atomic E-state index is 0.154. The van der Waals surface area contributed by atoms with E-state index in [4.69, 9.17) is 0 Å². The molecule has 0 bridgehead atoms.